The van der Waals surface area contributed by atoms with Crippen LogP contribution in [-0.4, -0.2) is 23.4 Å². The molecule has 84 valence electrons. The van der Waals surface area contributed by atoms with Crippen molar-refractivity contribution in [3.8, 4) is 0 Å². The third kappa shape index (κ3) is 2.48. The number of carbonyl (C=O) groups is 1. The lowest BCUT2D eigenvalue weighted by atomic mass is 10.2. The molecular formula is C10H10ClN3OS. The summed E-state index contributed by atoms with van der Waals surface area (Å²) in [6, 6.07) is 4.79. The fraction of sp³-hybridized carbons (Fsp3) is 0.200. The molecule has 0 fully saturated rings. The van der Waals surface area contributed by atoms with Crippen molar-refractivity contribution >= 4 is 40.1 Å². The van der Waals surface area contributed by atoms with Crippen molar-refractivity contribution in [3.05, 3.63) is 28.8 Å². The van der Waals surface area contributed by atoms with Gasteiger partial charge in [-0.3, -0.25) is 9.79 Å². The maximum absolute atomic E-state index is 11.8. The van der Waals surface area contributed by atoms with E-state index in [1.807, 2.05) is 0 Å². The van der Waals surface area contributed by atoms with E-state index in [1.165, 1.54) is 11.8 Å². The summed E-state index contributed by atoms with van der Waals surface area (Å²) >= 11 is 7.30. The fourth-order valence-corrected chi connectivity index (χ4v) is 2.11. The number of nitrogens with one attached hydrogen (secondary N) is 1. The Kier molecular flexibility index (Phi) is 3.36. The van der Waals surface area contributed by atoms with E-state index in [9.17, 15) is 4.79 Å². The van der Waals surface area contributed by atoms with Crippen LogP contribution >= 0.6 is 23.4 Å². The zero-order valence-electron chi connectivity index (χ0n) is 8.37. The van der Waals surface area contributed by atoms with Crippen molar-refractivity contribution in [3.63, 3.8) is 0 Å². The molecule has 0 aliphatic carbocycles. The average Bonchev–Trinajstić information content (AvgIpc) is 2.74. The minimum Gasteiger partial charge on any atom is -0.398 e. The molecular weight excluding hydrogens is 246 g/mol. The number of nitrogens with zero attached hydrogens (tertiary/aromatic N) is 1. The first-order chi connectivity index (χ1) is 7.66. The Hall–Kier alpha value is -1.20. The molecule has 0 saturated heterocycles. The van der Waals surface area contributed by atoms with Crippen LogP contribution in [0, 0.1) is 0 Å². The van der Waals surface area contributed by atoms with Gasteiger partial charge in [-0.05, 0) is 18.2 Å². The Labute approximate surface area is 102 Å². The van der Waals surface area contributed by atoms with E-state index in [-0.39, 0.29) is 5.91 Å². The van der Waals surface area contributed by atoms with Gasteiger partial charge in [0.05, 0.1) is 17.3 Å². The number of rotatable bonds is 1. The number of hydrogen-bond acceptors (Lipinski definition) is 4. The molecule has 2 rings (SSSR count). The summed E-state index contributed by atoms with van der Waals surface area (Å²) in [7, 11) is 0. The minimum absolute atomic E-state index is 0.212. The molecule has 1 aromatic carbocycles. The first-order valence-corrected chi connectivity index (χ1v) is 6.07. The van der Waals surface area contributed by atoms with Crippen LogP contribution in [0.1, 0.15) is 10.4 Å². The predicted molar refractivity (Wildman–Crippen MR) is 68.1 cm³/mol. The molecule has 0 aromatic heterocycles. The zero-order chi connectivity index (χ0) is 11.5. The quantitative estimate of drug-likeness (QED) is 0.752. The molecule has 0 atom stereocenters. The van der Waals surface area contributed by atoms with Gasteiger partial charge in [0, 0.05) is 11.3 Å². The van der Waals surface area contributed by atoms with Gasteiger partial charge in [-0.1, -0.05) is 23.4 Å². The molecule has 0 unspecified atom stereocenters. The Morgan fingerprint density at radius 2 is 2.38 bits per heavy atom. The van der Waals surface area contributed by atoms with Crippen LogP contribution in [0.3, 0.4) is 0 Å². The summed E-state index contributed by atoms with van der Waals surface area (Å²) in [5.41, 5.74) is 6.50. The van der Waals surface area contributed by atoms with Gasteiger partial charge in [0.25, 0.3) is 5.91 Å². The third-order valence-electron chi connectivity index (χ3n) is 2.06. The van der Waals surface area contributed by atoms with Gasteiger partial charge in [-0.25, -0.2) is 0 Å². The maximum atomic E-state index is 11.8. The molecule has 0 saturated carbocycles. The second-order valence-electron chi connectivity index (χ2n) is 3.23. The maximum Gasteiger partial charge on any atom is 0.257 e. The highest BCUT2D eigenvalue weighted by Gasteiger charge is 2.13. The van der Waals surface area contributed by atoms with Gasteiger partial charge < -0.3 is 11.1 Å². The summed E-state index contributed by atoms with van der Waals surface area (Å²) < 4.78 is 0. The van der Waals surface area contributed by atoms with Crippen molar-refractivity contribution in [2.75, 3.05) is 18.0 Å². The van der Waals surface area contributed by atoms with Gasteiger partial charge in [-0.15, -0.1) is 0 Å². The van der Waals surface area contributed by atoms with E-state index in [2.05, 4.69) is 10.3 Å². The van der Waals surface area contributed by atoms with Gasteiger partial charge >= 0.3 is 0 Å². The molecule has 1 aliphatic rings. The lowest BCUT2D eigenvalue weighted by molar-refractivity contribution is 0.0978. The molecule has 1 heterocycles. The highest BCUT2D eigenvalue weighted by atomic mass is 35.5. The van der Waals surface area contributed by atoms with Crippen LogP contribution in [0.5, 0.6) is 0 Å². The smallest absolute Gasteiger partial charge is 0.257 e. The topological polar surface area (TPSA) is 67.5 Å². The normalized spacial score (nSPS) is 14.7. The summed E-state index contributed by atoms with van der Waals surface area (Å²) in [5.74, 6) is 0.703. The van der Waals surface area contributed by atoms with Gasteiger partial charge in [0.2, 0.25) is 0 Å². The largest absolute Gasteiger partial charge is 0.398 e. The number of halogens is 1. The lowest BCUT2D eigenvalue weighted by Gasteiger charge is -2.05. The van der Waals surface area contributed by atoms with Crippen molar-refractivity contribution in [1.82, 2.24) is 5.32 Å². The molecule has 4 nitrogen and oxygen atoms in total. The number of nitrogen functional groups attached to an aromatic ring is 1. The molecule has 1 aliphatic heterocycles. The second-order valence-corrected chi connectivity index (χ2v) is 4.72. The molecule has 16 heavy (non-hydrogen) atoms. The first kappa shape index (κ1) is 11.3. The van der Waals surface area contributed by atoms with E-state index in [0.717, 1.165) is 12.3 Å². The second kappa shape index (κ2) is 4.76. The Balaban J connectivity index is 2.11. The van der Waals surface area contributed by atoms with Crippen molar-refractivity contribution < 1.29 is 4.79 Å². The number of amides is 1. The highest BCUT2D eigenvalue weighted by Crippen LogP contribution is 2.19. The molecule has 1 aromatic rings. The Morgan fingerprint density at radius 1 is 1.56 bits per heavy atom. The summed E-state index contributed by atoms with van der Waals surface area (Å²) in [4.78, 5) is 15.9. The van der Waals surface area contributed by atoms with E-state index in [0.29, 0.717) is 21.4 Å². The van der Waals surface area contributed by atoms with E-state index < -0.39 is 0 Å². The van der Waals surface area contributed by atoms with Crippen molar-refractivity contribution in [1.29, 1.82) is 0 Å². The van der Waals surface area contributed by atoms with Gasteiger partial charge in [0.15, 0.2) is 5.17 Å². The number of hydrogen-bond donors (Lipinski definition) is 2. The van der Waals surface area contributed by atoms with Crippen LogP contribution in [0.2, 0.25) is 5.02 Å². The van der Waals surface area contributed by atoms with Crippen molar-refractivity contribution in [2.24, 2.45) is 4.99 Å². The van der Waals surface area contributed by atoms with Crippen molar-refractivity contribution in [2.45, 2.75) is 0 Å². The number of aliphatic imine (C=N–C) groups is 1. The van der Waals surface area contributed by atoms with E-state index in [4.69, 9.17) is 17.3 Å². The summed E-state index contributed by atoms with van der Waals surface area (Å²) in [5, 5.41) is 3.83. The molecule has 0 spiro atoms. The summed E-state index contributed by atoms with van der Waals surface area (Å²) in [6.07, 6.45) is 0. The van der Waals surface area contributed by atoms with E-state index >= 15 is 0 Å². The van der Waals surface area contributed by atoms with Crippen LogP contribution in [-0.2, 0) is 0 Å². The standard InChI is InChI=1S/C10H10ClN3OS/c11-7-2-1-6(5-8(7)12)9(15)14-10-13-3-4-16-10/h1-2,5H,3-4,12H2,(H,13,14,15). The van der Waals surface area contributed by atoms with Gasteiger partial charge in [0.1, 0.15) is 0 Å². The van der Waals surface area contributed by atoms with Crippen LogP contribution in [0.25, 0.3) is 0 Å². The molecule has 6 heteroatoms. The number of carbonyl (C=O) groups excluding carboxylic acids is 1. The average molecular weight is 256 g/mol. The highest BCUT2D eigenvalue weighted by molar-refractivity contribution is 8.14. The van der Waals surface area contributed by atoms with Crippen LogP contribution in [0.4, 0.5) is 5.69 Å². The Bertz CT molecular complexity index is 461. The SMILES string of the molecule is Nc1cc(C(=O)NC2=NCCS2)ccc1Cl. The molecule has 0 radical (unpaired) electrons. The lowest BCUT2D eigenvalue weighted by Crippen LogP contribution is -2.27. The minimum atomic E-state index is -0.212. The van der Waals surface area contributed by atoms with Crippen LogP contribution in [0.15, 0.2) is 23.2 Å². The number of nitrogens with two attached hydrogens (primary N) is 1. The third-order valence-corrected chi connectivity index (χ3v) is 3.30. The monoisotopic (exact) mass is 255 g/mol. The Morgan fingerprint density at radius 3 is 3.00 bits per heavy atom. The van der Waals surface area contributed by atoms with Gasteiger partial charge in [-0.2, -0.15) is 0 Å². The van der Waals surface area contributed by atoms with Crippen LogP contribution < -0.4 is 11.1 Å². The fourth-order valence-electron chi connectivity index (χ4n) is 1.27. The number of benzene rings is 1. The molecule has 1 amide bonds. The number of amidine groups is 1. The number of thioether (sulfide) groups is 1. The number of anilines is 1. The summed E-state index contributed by atoms with van der Waals surface area (Å²) in [6.45, 7) is 0.753. The molecule has 3 N–H and O–H groups in total. The van der Waals surface area contributed by atoms with E-state index in [1.54, 1.807) is 18.2 Å². The zero-order valence-corrected chi connectivity index (χ0v) is 9.94. The predicted octanol–water partition coefficient (Wildman–Crippen LogP) is 1.75. The first-order valence-electron chi connectivity index (χ1n) is 4.70. The molecule has 0 bridgehead atoms.